The third-order valence-electron chi connectivity index (χ3n) is 3.17. The fourth-order valence-corrected chi connectivity index (χ4v) is 2.29. The number of nitrogens with zero attached hydrogens (tertiary/aromatic N) is 1. The number of hydrogen-bond acceptors (Lipinski definition) is 2. The molecule has 2 nitrogen and oxygen atoms in total. The third kappa shape index (κ3) is 4.68. The highest BCUT2D eigenvalue weighted by molar-refractivity contribution is 5.28. The summed E-state index contributed by atoms with van der Waals surface area (Å²) in [5, 5.41) is 0. The molecule has 1 heterocycles. The van der Waals surface area contributed by atoms with Gasteiger partial charge < -0.3 is 4.74 Å². The van der Waals surface area contributed by atoms with Gasteiger partial charge in [0.15, 0.2) is 0 Å². The van der Waals surface area contributed by atoms with Gasteiger partial charge in [-0.2, -0.15) is 13.2 Å². The Bertz CT molecular complexity index is 442. The first-order chi connectivity index (χ1) is 9.89. The van der Waals surface area contributed by atoms with Gasteiger partial charge in [0, 0.05) is 18.7 Å². The van der Waals surface area contributed by atoms with Gasteiger partial charge in [0.05, 0.1) is 13.2 Å². The average molecular weight is 307 g/mol. The number of morpholine rings is 1. The molecule has 1 aromatic rings. The number of benzene rings is 1. The van der Waals surface area contributed by atoms with Crippen molar-refractivity contribution in [2.45, 2.75) is 33.0 Å². The van der Waals surface area contributed by atoms with Crippen LogP contribution in [0.2, 0.25) is 0 Å². The fraction of sp³-hybridized carbons (Fsp3) is 0.600. The molecular formula is C15H21F4NO. The predicted octanol–water partition coefficient (Wildman–Crippen LogP) is 4.10. The minimum atomic E-state index is -4.51. The first-order valence-electron chi connectivity index (χ1n) is 7.04. The highest BCUT2D eigenvalue weighted by Gasteiger charge is 2.46. The van der Waals surface area contributed by atoms with Crippen LogP contribution < -0.4 is 0 Å². The maximum absolute atomic E-state index is 13.7. The Hall–Kier alpha value is -1.14. The second-order valence-corrected chi connectivity index (χ2v) is 4.62. The first-order valence-corrected chi connectivity index (χ1v) is 7.04. The zero-order valence-electron chi connectivity index (χ0n) is 12.5. The van der Waals surface area contributed by atoms with Crippen LogP contribution >= 0.6 is 0 Å². The van der Waals surface area contributed by atoms with Crippen LogP contribution in [-0.2, 0) is 4.74 Å². The molecular weight excluding hydrogens is 286 g/mol. The van der Waals surface area contributed by atoms with Gasteiger partial charge in [-0.1, -0.05) is 31.5 Å². The number of ether oxygens (including phenoxy) is 1. The van der Waals surface area contributed by atoms with Crippen molar-refractivity contribution in [2.24, 2.45) is 0 Å². The van der Waals surface area contributed by atoms with Crippen LogP contribution in [-0.4, -0.2) is 37.4 Å². The summed E-state index contributed by atoms with van der Waals surface area (Å²) in [4.78, 5) is 1.22. The number of halogens is 4. The van der Waals surface area contributed by atoms with Gasteiger partial charge in [-0.25, -0.2) is 4.39 Å². The van der Waals surface area contributed by atoms with E-state index in [2.05, 4.69) is 0 Å². The smallest absolute Gasteiger partial charge is 0.379 e. The standard InChI is InChI=1S/C13H15F4NO.C2H6/c1-9-2-3-11(14)10(8-9)12(13(15,16)17)18-4-6-19-7-5-18;1-2/h2-3,8,12H,4-7H2,1H3;1-2H3. The minimum absolute atomic E-state index is 0.150. The first kappa shape index (κ1) is 17.9. The molecule has 0 saturated carbocycles. The lowest BCUT2D eigenvalue weighted by Gasteiger charge is -2.36. The second-order valence-electron chi connectivity index (χ2n) is 4.62. The van der Waals surface area contributed by atoms with Crippen LogP contribution in [0.1, 0.15) is 31.0 Å². The molecule has 0 aromatic heterocycles. The SMILES string of the molecule is CC.Cc1ccc(F)c(C(N2CCOCC2)C(F)(F)F)c1. The van der Waals surface area contributed by atoms with Crippen molar-refractivity contribution in [3.63, 3.8) is 0 Å². The van der Waals surface area contributed by atoms with Gasteiger partial charge in [0.2, 0.25) is 0 Å². The molecule has 21 heavy (non-hydrogen) atoms. The molecule has 0 bridgehead atoms. The molecule has 0 N–H and O–H groups in total. The molecule has 0 aliphatic carbocycles. The Labute approximate surface area is 122 Å². The van der Waals surface area contributed by atoms with Crippen molar-refractivity contribution in [1.82, 2.24) is 4.90 Å². The van der Waals surface area contributed by atoms with Crippen LogP contribution in [0, 0.1) is 12.7 Å². The Balaban J connectivity index is 0.00000106. The lowest BCUT2D eigenvalue weighted by molar-refractivity contribution is -0.195. The zero-order chi connectivity index (χ0) is 16.0. The van der Waals surface area contributed by atoms with Gasteiger partial charge in [-0.15, -0.1) is 0 Å². The Morgan fingerprint density at radius 1 is 1.14 bits per heavy atom. The van der Waals surface area contributed by atoms with Crippen molar-refractivity contribution in [1.29, 1.82) is 0 Å². The molecule has 1 saturated heterocycles. The van der Waals surface area contributed by atoms with E-state index in [1.807, 2.05) is 13.8 Å². The molecule has 1 aliphatic heterocycles. The number of alkyl halides is 3. The molecule has 1 aliphatic rings. The normalized spacial score (nSPS) is 17.9. The molecule has 1 aromatic carbocycles. The molecule has 1 fully saturated rings. The van der Waals surface area contributed by atoms with Crippen LogP contribution in [0.25, 0.3) is 0 Å². The van der Waals surface area contributed by atoms with E-state index in [0.29, 0.717) is 5.56 Å². The molecule has 0 spiro atoms. The van der Waals surface area contributed by atoms with Gasteiger partial charge >= 0.3 is 6.18 Å². The number of aryl methyl sites for hydroxylation is 1. The van der Waals surface area contributed by atoms with E-state index < -0.39 is 18.0 Å². The van der Waals surface area contributed by atoms with E-state index in [9.17, 15) is 17.6 Å². The summed E-state index contributed by atoms with van der Waals surface area (Å²) in [6, 6.07) is 1.91. The Morgan fingerprint density at radius 3 is 2.24 bits per heavy atom. The molecule has 1 unspecified atom stereocenters. The maximum atomic E-state index is 13.7. The lowest BCUT2D eigenvalue weighted by Crippen LogP contribution is -2.45. The van der Waals surface area contributed by atoms with Crippen molar-refractivity contribution in [3.8, 4) is 0 Å². The van der Waals surface area contributed by atoms with Crippen LogP contribution in [0.3, 0.4) is 0 Å². The van der Waals surface area contributed by atoms with Gasteiger partial charge in [0.25, 0.3) is 0 Å². The van der Waals surface area contributed by atoms with E-state index >= 15 is 0 Å². The summed E-state index contributed by atoms with van der Waals surface area (Å²) in [7, 11) is 0. The molecule has 0 amide bonds. The highest BCUT2D eigenvalue weighted by atomic mass is 19.4. The van der Waals surface area contributed by atoms with E-state index in [0.717, 1.165) is 6.07 Å². The van der Waals surface area contributed by atoms with E-state index in [4.69, 9.17) is 4.74 Å². The predicted molar refractivity (Wildman–Crippen MR) is 73.7 cm³/mol. The van der Waals surface area contributed by atoms with E-state index in [-0.39, 0.29) is 31.9 Å². The molecule has 2 rings (SSSR count). The molecule has 0 radical (unpaired) electrons. The van der Waals surface area contributed by atoms with Crippen LogP contribution in [0.4, 0.5) is 17.6 Å². The Morgan fingerprint density at radius 2 is 1.71 bits per heavy atom. The summed E-state index contributed by atoms with van der Waals surface area (Å²) >= 11 is 0. The summed E-state index contributed by atoms with van der Waals surface area (Å²) in [6.45, 7) is 6.42. The summed E-state index contributed by atoms with van der Waals surface area (Å²) in [5.41, 5.74) is 0.299. The van der Waals surface area contributed by atoms with Gasteiger partial charge in [-0.05, 0) is 13.0 Å². The second kappa shape index (κ2) is 7.75. The van der Waals surface area contributed by atoms with E-state index in [1.165, 1.54) is 17.0 Å². The third-order valence-corrected chi connectivity index (χ3v) is 3.17. The van der Waals surface area contributed by atoms with Crippen molar-refractivity contribution < 1.29 is 22.3 Å². The fourth-order valence-electron chi connectivity index (χ4n) is 2.29. The highest BCUT2D eigenvalue weighted by Crippen LogP contribution is 2.39. The largest absolute Gasteiger partial charge is 0.408 e. The quantitative estimate of drug-likeness (QED) is 0.763. The Kier molecular flexibility index (Phi) is 6.61. The zero-order valence-corrected chi connectivity index (χ0v) is 12.5. The lowest BCUT2D eigenvalue weighted by atomic mass is 10.0. The molecule has 120 valence electrons. The van der Waals surface area contributed by atoms with Gasteiger partial charge in [0.1, 0.15) is 11.9 Å². The summed E-state index contributed by atoms with van der Waals surface area (Å²) < 4.78 is 58.6. The van der Waals surface area contributed by atoms with Gasteiger partial charge in [-0.3, -0.25) is 4.90 Å². The summed E-state index contributed by atoms with van der Waals surface area (Å²) in [5.74, 6) is -0.820. The van der Waals surface area contributed by atoms with Crippen molar-refractivity contribution in [3.05, 3.63) is 35.1 Å². The summed E-state index contributed by atoms with van der Waals surface area (Å²) in [6.07, 6.45) is -4.51. The van der Waals surface area contributed by atoms with E-state index in [1.54, 1.807) is 6.92 Å². The topological polar surface area (TPSA) is 12.5 Å². The minimum Gasteiger partial charge on any atom is -0.379 e. The van der Waals surface area contributed by atoms with Crippen LogP contribution in [0.15, 0.2) is 18.2 Å². The number of rotatable bonds is 2. The van der Waals surface area contributed by atoms with Crippen LogP contribution in [0.5, 0.6) is 0 Å². The monoisotopic (exact) mass is 307 g/mol. The average Bonchev–Trinajstić information content (AvgIpc) is 2.45. The molecule has 1 atom stereocenters. The maximum Gasteiger partial charge on any atom is 0.408 e. The van der Waals surface area contributed by atoms with Crippen molar-refractivity contribution >= 4 is 0 Å². The number of hydrogen-bond donors (Lipinski definition) is 0. The van der Waals surface area contributed by atoms with Crippen molar-refractivity contribution in [2.75, 3.05) is 26.3 Å². The molecule has 6 heteroatoms.